The summed E-state index contributed by atoms with van der Waals surface area (Å²) in [5.74, 6) is -2.13. The lowest BCUT2D eigenvalue weighted by molar-refractivity contribution is -0.384. The fourth-order valence-electron chi connectivity index (χ4n) is 6.96. The first-order valence-electron chi connectivity index (χ1n) is 15.5. The summed E-state index contributed by atoms with van der Waals surface area (Å²) in [7, 11) is 1.27. The summed E-state index contributed by atoms with van der Waals surface area (Å²) in [4.78, 5) is 40.4. The molecule has 1 fully saturated rings. The number of likely N-dealkylation sites (tertiary alicyclic amines) is 1. The molecule has 9 nitrogen and oxygen atoms in total. The molecule has 9 heteroatoms. The predicted molar refractivity (Wildman–Crippen MR) is 176 cm³/mol. The number of nitrogens with one attached hydrogen (secondary N) is 1. The van der Waals surface area contributed by atoms with Crippen LogP contribution in [0, 0.1) is 10.1 Å². The Labute approximate surface area is 270 Å². The van der Waals surface area contributed by atoms with Crippen molar-refractivity contribution in [3.05, 3.63) is 134 Å². The fraction of sp³-hybridized carbons (Fsp3) is 0.351. The molecule has 3 aromatic rings. The predicted octanol–water partition coefficient (Wildman–Crippen LogP) is 6.41. The van der Waals surface area contributed by atoms with Crippen LogP contribution in [0.5, 0.6) is 0 Å². The molecule has 3 aromatic carbocycles. The number of non-ortho nitro benzene ring substituents is 1. The Morgan fingerprint density at radius 2 is 1.43 bits per heavy atom. The summed E-state index contributed by atoms with van der Waals surface area (Å²) in [6.07, 6.45) is 1.82. The molecule has 1 unspecified atom stereocenters. The van der Waals surface area contributed by atoms with Crippen molar-refractivity contribution < 1.29 is 24.0 Å². The Hall–Kier alpha value is -4.76. The monoisotopic (exact) mass is 623 g/mol. The van der Waals surface area contributed by atoms with Crippen molar-refractivity contribution in [2.75, 3.05) is 26.8 Å². The van der Waals surface area contributed by atoms with Gasteiger partial charge in [0.1, 0.15) is 6.61 Å². The van der Waals surface area contributed by atoms with Gasteiger partial charge >= 0.3 is 11.9 Å². The van der Waals surface area contributed by atoms with E-state index in [1.165, 1.54) is 30.4 Å². The van der Waals surface area contributed by atoms with E-state index < -0.39 is 28.3 Å². The van der Waals surface area contributed by atoms with E-state index in [2.05, 4.69) is 72.6 Å². The minimum atomic E-state index is -0.906. The van der Waals surface area contributed by atoms with Crippen LogP contribution >= 0.6 is 0 Å². The van der Waals surface area contributed by atoms with Gasteiger partial charge in [-0.3, -0.25) is 15.0 Å². The first kappa shape index (κ1) is 32.6. The van der Waals surface area contributed by atoms with Gasteiger partial charge in [0, 0.05) is 34.5 Å². The van der Waals surface area contributed by atoms with E-state index in [4.69, 9.17) is 9.47 Å². The van der Waals surface area contributed by atoms with Gasteiger partial charge in [0.05, 0.1) is 29.1 Å². The number of hydrogen-bond acceptors (Lipinski definition) is 8. The molecule has 1 N–H and O–H groups in total. The molecule has 5 rings (SSSR count). The molecule has 240 valence electrons. The van der Waals surface area contributed by atoms with E-state index in [9.17, 15) is 19.7 Å². The molecule has 46 heavy (non-hydrogen) atoms. The van der Waals surface area contributed by atoms with Crippen LogP contribution < -0.4 is 5.32 Å². The number of dihydropyridines is 1. The van der Waals surface area contributed by atoms with E-state index in [0.717, 1.165) is 25.9 Å². The summed E-state index contributed by atoms with van der Waals surface area (Å²) in [6.45, 7) is 9.32. The molecule has 0 bridgehead atoms. The van der Waals surface area contributed by atoms with Crippen molar-refractivity contribution in [1.82, 2.24) is 10.2 Å². The number of carbonyl (C=O) groups is 2. The van der Waals surface area contributed by atoms with Crippen LogP contribution in [0.1, 0.15) is 63.1 Å². The van der Waals surface area contributed by atoms with Gasteiger partial charge in [0.2, 0.25) is 0 Å². The quantitative estimate of drug-likeness (QED) is 0.166. The molecular formula is C37H41N3O6. The molecule has 2 aliphatic heterocycles. The second-order valence-electron chi connectivity index (χ2n) is 12.7. The van der Waals surface area contributed by atoms with Crippen LogP contribution in [-0.4, -0.2) is 54.1 Å². The maximum Gasteiger partial charge on any atom is 0.336 e. The number of allylic oxidation sites excluding steroid dienone is 2. The molecule has 1 atom stereocenters. The number of carbonyl (C=O) groups excluding carboxylic acids is 2. The third-order valence-electron chi connectivity index (χ3n) is 9.48. The summed E-state index contributed by atoms with van der Waals surface area (Å²) >= 11 is 0. The number of piperidine rings is 1. The number of esters is 2. The Bertz CT molecular complexity index is 1630. The average molecular weight is 624 g/mol. The summed E-state index contributed by atoms with van der Waals surface area (Å²) < 4.78 is 11.1. The van der Waals surface area contributed by atoms with Crippen molar-refractivity contribution in [3.63, 3.8) is 0 Å². The molecule has 2 heterocycles. The first-order valence-corrected chi connectivity index (χ1v) is 15.5. The van der Waals surface area contributed by atoms with E-state index in [-0.39, 0.29) is 28.9 Å². The fourth-order valence-corrected chi connectivity index (χ4v) is 6.96. The molecule has 0 spiro atoms. The van der Waals surface area contributed by atoms with Crippen LogP contribution in [0.25, 0.3) is 0 Å². The van der Waals surface area contributed by atoms with Gasteiger partial charge in [-0.25, -0.2) is 9.59 Å². The van der Waals surface area contributed by atoms with E-state index >= 15 is 0 Å². The number of nitro groups is 1. The number of methoxy groups -OCH3 is 1. The van der Waals surface area contributed by atoms with E-state index in [1.54, 1.807) is 26.0 Å². The highest BCUT2D eigenvalue weighted by Crippen LogP contribution is 2.44. The Morgan fingerprint density at radius 1 is 0.891 bits per heavy atom. The standard InChI is InChI=1S/C37H41N3O6/c1-25-31(34(41)45-5)33(27-13-12-18-30(23-27)40(43)44)32(26(2)38-25)35(42)46-24-36(3,4)39-21-19-37(20-22-39,28-14-8-6-9-15-28)29-16-10-7-11-17-29/h6-18,23,33,38H,19-22,24H2,1-5H3. The smallest absolute Gasteiger partial charge is 0.336 e. The second-order valence-corrected chi connectivity index (χ2v) is 12.7. The maximum atomic E-state index is 13.9. The average Bonchev–Trinajstić information content (AvgIpc) is 3.07. The van der Waals surface area contributed by atoms with Gasteiger partial charge in [0.25, 0.3) is 5.69 Å². The van der Waals surface area contributed by atoms with Crippen LogP contribution in [-0.2, 0) is 24.5 Å². The maximum absolute atomic E-state index is 13.9. The lowest BCUT2D eigenvalue weighted by Crippen LogP contribution is -2.54. The highest BCUT2D eigenvalue weighted by molar-refractivity contribution is 5.99. The lowest BCUT2D eigenvalue weighted by Gasteiger charge is -2.48. The number of nitrogens with zero attached hydrogens (tertiary/aromatic N) is 2. The molecule has 2 aliphatic rings. The number of hydrogen-bond donors (Lipinski definition) is 1. The topological polar surface area (TPSA) is 111 Å². The van der Waals surface area contributed by atoms with Crippen molar-refractivity contribution >= 4 is 17.6 Å². The van der Waals surface area contributed by atoms with Gasteiger partial charge in [-0.1, -0.05) is 72.8 Å². The SMILES string of the molecule is COC(=O)C1=C(C)NC(C)=C(C(=O)OCC(C)(C)N2CCC(c3ccccc3)(c3ccccc3)CC2)C1c1cccc([N+](=O)[O-])c1. The Morgan fingerprint density at radius 3 is 1.96 bits per heavy atom. The highest BCUT2D eigenvalue weighted by atomic mass is 16.6. The number of rotatable bonds is 9. The van der Waals surface area contributed by atoms with Crippen LogP contribution in [0.2, 0.25) is 0 Å². The summed E-state index contributed by atoms with van der Waals surface area (Å²) in [5.41, 5.74) is 3.73. The van der Waals surface area contributed by atoms with Crippen LogP contribution in [0.15, 0.2) is 107 Å². The normalized spacial score (nSPS) is 18.5. The van der Waals surface area contributed by atoms with Crippen LogP contribution in [0.3, 0.4) is 0 Å². The Balaban J connectivity index is 1.37. The van der Waals surface area contributed by atoms with Crippen molar-refractivity contribution in [1.29, 1.82) is 0 Å². The van der Waals surface area contributed by atoms with E-state index in [1.807, 2.05) is 12.1 Å². The molecule has 1 saturated heterocycles. The second kappa shape index (κ2) is 13.3. The zero-order chi connectivity index (χ0) is 33.1. The minimum absolute atomic E-state index is 0.110. The van der Waals surface area contributed by atoms with Crippen molar-refractivity contribution in [2.45, 2.75) is 57.4 Å². The first-order chi connectivity index (χ1) is 22.0. The molecular weight excluding hydrogens is 582 g/mol. The third kappa shape index (κ3) is 6.33. The van der Waals surface area contributed by atoms with Crippen molar-refractivity contribution in [3.8, 4) is 0 Å². The number of ether oxygens (including phenoxy) is 2. The third-order valence-corrected chi connectivity index (χ3v) is 9.48. The zero-order valence-corrected chi connectivity index (χ0v) is 27.0. The largest absolute Gasteiger partial charge is 0.466 e. The molecule has 0 amide bonds. The zero-order valence-electron chi connectivity index (χ0n) is 27.0. The van der Waals surface area contributed by atoms with Gasteiger partial charge in [-0.05, 0) is 70.3 Å². The number of benzene rings is 3. The molecule has 0 radical (unpaired) electrons. The lowest BCUT2D eigenvalue weighted by atomic mass is 9.67. The van der Waals surface area contributed by atoms with Crippen molar-refractivity contribution in [2.24, 2.45) is 0 Å². The number of nitro benzene ring substituents is 1. The van der Waals surface area contributed by atoms with Gasteiger partial charge < -0.3 is 14.8 Å². The summed E-state index contributed by atoms with van der Waals surface area (Å²) in [6, 6.07) is 27.3. The van der Waals surface area contributed by atoms with Crippen LogP contribution in [0.4, 0.5) is 5.69 Å². The van der Waals surface area contributed by atoms with E-state index in [0.29, 0.717) is 17.0 Å². The molecule has 0 aromatic heterocycles. The minimum Gasteiger partial charge on any atom is -0.466 e. The summed E-state index contributed by atoms with van der Waals surface area (Å²) in [5, 5.41) is 14.7. The highest BCUT2D eigenvalue weighted by Gasteiger charge is 2.43. The van der Waals surface area contributed by atoms with Gasteiger partial charge in [-0.15, -0.1) is 0 Å². The molecule has 0 saturated carbocycles. The van der Waals surface area contributed by atoms with Gasteiger partial charge in [-0.2, -0.15) is 0 Å². The van der Waals surface area contributed by atoms with Gasteiger partial charge in [0.15, 0.2) is 0 Å². The Kier molecular flexibility index (Phi) is 9.44. The molecule has 0 aliphatic carbocycles.